The molecule has 23 heavy (non-hydrogen) atoms. The lowest BCUT2D eigenvalue weighted by molar-refractivity contribution is -0.134. The van der Waals surface area contributed by atoms with Gasteiger partial charge in [-0.25, -0.2) is 4.79 Å². The van der Waals surface area contributed by atoms with Crippen LogP contribution in [0.25, 0.3) is 0 Å². The Balaban J connectivity index is 1.84. The van der Waals surface area contributed by atoms with Crippen LogP contribution in [0.1, 0.15) is 25.3 Å². The molecule has 0 aliphatic carbocycles. The number of aryl methyl sites for hydroxylation is 1. The van der Waals surface area contributed by atoms with E-state index in [1.807, 2.05) is 38.1 Å². The second-order valence-electron chi connectivity index (χ2n) is 6.01. The van der Waals surface area contributed by atoms with Gasteiger partial charge >= 0.3 is 6.03 Å². The summed E-state index contributed by atoms with van der Waals surface area (Å²) in [7, 11) is 0. The normalized spacial score (nSPS) is 16.1. The summed E-state index contributed by atoms with van der Waals surface area (Å²) in [5, 5.41) is 2.90. The number of nitrogens with two attached hydrogens (primary N) is 1. The quantitative estimate of drug-likeness (QED) is 0.888. The van der Waals surface area contributed by atoms with Crippen LogP contribution in [0.4, 0.5) is 10.5 Å². The van der Waals surface area contributed by atoms with Crippen LogP contribution in [-0.4, -0.2) is 54.0 Å². The molecule has 0 radical (unpaired) electrons. The molecule has 0 aromatic heterocycles. The van der Waals surface area contributed by atoms with Gasteiger partial charge in [0.15, 0.2) is 0 Å². The summed E-state index contributed by atoms with van der Waals surface area (Å²) >= 11 is 0. The molecule has 1 aromatic rings. The smallest absolute Gasteiger partial charge is 0.321 e. The van der Waals surface area contributed by atoms with Gasteiger partial charge in [-0.05, 0) is 31.0 Å². The molecule has 1 heterocycles. The number of nitrogens with zero attached hydrogens (tertiary/aromatic N) is 2. The zero-order chi connectivity index (χ0) is 16.8. The van der Waals surface area contributed by atoms with E-state index < -0.39 is 6.04 Å². The van der Waals surface area contributed by atoms with E-state index in [1.54, 1.807) is 9.80 Å². The summed E-state index contributed by atoms with van der Waals surface area (Å²) in [4.78, 5) is 27.9. The monoisotopic (exact) mass is 318 g/mol. The lowest BCUT2D eigenvalue weighted by atomic mass is 10.1. The summed E-state index contributed by atoms with van der Waals surface area (Å²) in [5.74, 6) is -0.00871. The average molecular weight is 318 g/mol. The molecule has 0 saturated carbocycles. The summed E-state index contributed by atoms with van der Waals surface area (Å²) in [6.07, 6.45) is 1.60. The number of piperazine rings is 1. The van der Waals surface area contributed by atoms with Gasteiger partial charge in [0.25, 0.3) is 0 Å². The van der Waals surface area contributed by atoms with Crippen molar-refractivity contribution in [2.24, 2.45) is 5.73 Å². The predicted octanol–water partition coefficient (Wildman–Crippen LogP) is 1.80. The van der Waals surface area contributed by atoms with Crippen molar-refractivity contribution in [3.8, 4) is 0 Å². The van der Waals surface area contributed by atoms with Gasteiger partial charge in [-0.2, -0.15) is 0 Å². The minimum Gasteiger partial charge on any atom is -0.338 e. The van der Waals surface area contributed by atoms with Gasteiger partial charge < -0.3 is 20.9 Å². The molecule has 1 aliphatic heterocycles. The van der Waals surface area contributed by atoms with E-state index in [0.717, 1.165) is 17.7 Å². The van der Waals surface area contributed by atoms with E-state index in [2.05, 4.69) is 5.32 Å². The van der Waals surface area contributed by atoms with Crippen molar-refractivity contribution in [2.75, 3.05) is 31.5 Å². The molecule has 2 rings (SSSR count). The SMILES string of the molecule is CCCC(N)C(=O)N1CCN(C(=O)Nc2cccc(C)c2)CC1. The number of hydrogen-bond acceptors (Lipinski definition) is 3. The van der Waals surface area contributed by atoms with Crippen LogP contribution >= 0.6 is 0 Å². The molecule has 6 heteroatoms. The summed E-state index contributed by atoms with van der Waals surface area (Å²) in [6.45, 7) is 6.14. The van der Waals surface area contributed by atoms with Gasteiger partial charge in [0.2, 0.25) is 5.91 Å². The first-order valence-corrected chi connectivity index (χ1v) is 8.18. The Labute approximate surface area is 137 Å². The fraction of sp³-hybridized carbons (Fsp3) is 0.529. The Morgan fingerprint density at radius 3 is 2.48 bits per heavy atom. The van der Waals surface area contributed by atoms with Crippen LogP contribution in [-0.2, 0) is 4.79 Å². The highest BCUT2D eigenvalue weighted by molar-refractivity contribution is 5.89. The predicted molar refractivity (Wildman–Crippen MR) is 91.2 cm³/mol. The molecule has 1 aromatic carbocycles. The van der Waals surface area contributed by atoms with E-state index in [9.17, 15) is 9.59 Å². The molecule has 1 unspecified atom stereocenters. The molecule has 0 bridgehead atoms. The third-order valence-electron chi connectivity index (χ3n) is 4.06. The largest absolute Gasteiger partial charge is 0.338 e. The van der Waals surface area contributed by atoms with Crippen LogP contribution in [0.15, 0.2) is 24.3 Å². The van der Waals surface area contributed by atoms with Crippen molar-refractivity contribution >= 4 is 17.6 Å². The Bertz CT molecular complexity index is 553. The molecular weight excluding hydrogens is 292 g/mol. The second-order valence-corrected chi connectivity index (χ2v) is 6.01. The van der Waals surface area contributed by atoms with Gasteiger partial charge in [-0.1, -0.05) is 25.5 Å². The standard InChI is InChI=1S/C17H26N4O2/c1-3-5-15(18)16(22)20-8-10-21(11-9-20)17(23)19-14-7-4-6-13(2)12-14/h4,6-7,12,15H,3,5,8-11,18H2,1-2H3,(H,19,23). The van der Waals surface area contributed by atoms with Crippen molar-refractivity contribution < 1.29 is 9.59 Å². The number of hydrogen-bond donors (Lipinski definition) is 2. The number of nitrogens with one attached hydrogen (secondary N) is 1. The first kappa shape index (κ1) is 17.3. The van der Waals surface area contributed by atoms with E-state index >= 15 is 0 Å². The van der Waals surface area contributed by atoms with E-state index in [4.69, 9.17) is 5.73 Å². The number of carbonyl (C=O) groups is 2. The highest BCUT2D eigenvalue weighted by Gasteiger charge is 2.26. The van der Waals surface area contributed by atoms with Gasteiger partial charge in [0.1, 0.15) is 0 Å². The second kappa shape index (κ2) is 7.97. The maximum Gasteiger partial charge on any atom is 0.321 e. The summed E-state index contributed by atoms with van der Waals surface area (Å²) in [5.41, 5.74) is 7.78. The zero-order valence-corrected chi connectivity index (χ0v) is 13.9. The van der Waals surface area contributed by atoms with Crippen molar-refractivity contribution in [2.45, 2.75) is 32.7 Å². The van der Waals surface area contributed by atoms with Crippen molar-refractivity contribution in [3.05, 3.63) is 29.8 Å². The summed E-state index contributed by atoms with van der Waals surface area (Å²) < 4.78 is 0. The number of rotatable bonds is 4. The number of carbonyl (C=O) groups excluding carboxylic acids is 2. The van der Waals surface area contributed by atoms with Gasteiger partial charge in [0.05, 0.1) is 6.04 Å². The highest BCUT2D eigenvalue weighted by atomic mass is 16.2. The molecule has 1 fully saturated rings. The zero-order valence-electron chi connectivity index (χ0n) is 13.9. The third kappa shape index (κ3) is 4.69. The van der Waals surface area contributed by atoms with Gasteiger partial charge in [-0.3, -0.25) is 4.79 Å². The van der Waals surface area contributed by atoms with E-state index in [0.29, 0.717) is 32.6 Å². The van der Waals surface area contributed by atoms with Gasteiger partial charge in [0, 0.05) is 31.9 Å². The lowest BCUT2D eigenvalue weighted by Crippen LogP contribution is -2.55. The number of urea groups is 1. The summed E-state index contributed by atoms with van der Waals surface area (Å²) in [6, 6.07) is 7.15. The Kier molecular flexibility index (Phi) is 5.98. The number of benzene rings is 1. The minimum absolute atomic E-state index is 0.00871. The Morgan fingerprint density at radius 2 is 1.87 bits per heavy atom. The molecule has 3 N–H and O–H groups in total. The van der Waals surface area contributed by atoms with Crippen molar-refractivity contribution in [3.63, 3.8) is 0 Å². The molecular formula is C17H26N4O2. The molecule has 3 amide bonds. The fourth-order valence-electron chi connectivity index (χ4n) is 2.72. The van der Waals surface area contributed by atoms with E-state index in [1.165, 1.54) is 0 Å². The average Bonchev–Trinajstić information content (AvgIpc) is 2.54. The first-order chi connectivity index (χ1) is 11.0. The maximum absolute atomic E-state index is 12.3. The number of anilines is 1. The lowest BCUT2D eigenvalue weighted by Gasteiger charge is -2.35. The van der Waals surface area contributed by atoms with Crippen LogP contribution in [0.5, 0.6) is 0 Å². The third-order valence-corrected chi connectivity index (χ3v) is 4.06. The molecule has 126 valence electrons. The highest BCUT2D eigenvalue weighted by Crippen LogP contribution is 2.12. The number of amides is 3. The van der Waals surface area contributed by atoms with Gasteiger partial charge in [-0.15, -0.1) is 0 Å². The minimum atomic E-state index is -0.423. The molecule has 1 saturated heterocycles. The topological polar surface area (TPSA) is 78.7 Å². The van der Waals surface area contributed by atoms with Crippen LogP contribution in [0.3, 0.4) is 0 Å². The molecule has 1 aliphatic rings. The van der Waals surface area contributed by atoms with Crippen molar-refractivity contribution in [1.82, 2.24) is 9.80 Å². The molecule has 0 spiro atoms. The molecule has 6 nitrogen and oxygen atoms in total. The Hall–Kier alpha value is -2.08. The van der Waals surface area contributed by atoms with Crippen LogP contribution < -0.4 is 11.1 Å². The first-order valence-electron chi connectivity index (χ1n) is 8.18. The molecule has 1 atom stereocenters. The van der Waals surface area contributed by atoms with E-state index in [-0.39, 0.29) is 11.9 Å². The Morgan fingerprint density at radius 1 is 1.22 bits per heavy atom. The maximum atomic E-state index is 12.3. The van der Waals surface area contributed by atoms with Crippen LogP contribution in [0, 0.1) is 6.92 Å². The van der Waals surface area contributed by atoms with Crippen molar-refractivity contribution in [1.29, 1.82) is 0 Å². The fourth-order valence-corrected chi connectivity index (χ4v) is 2.72. The van der Waals surface area contributed by atoms with Crippen LogP contribution in [0.2, 0.25) is 0 Å².